The molecule has 126 valence electrons. The zero-order valence-corrected chi connectivity index (χ0v) is 14.1. The van der Waals surface area contributed by atoms with E-state index in [9.17, 15) is 15.2 Å². The lowest BCUT2D eigenvalue weighted by molar-refractivity contribution is 0.0703. The molecule has 0 fully saturated rings. The number of nitrogens with two attached hydrogens (primary N) is 2. The molecule has 0 unspecified atom stereocenters. The van der Waals surface area contributed by atoms with Crippen molar-refractivity contribution in [3.63, 3.8) is 0 Å². The van der Waals surface area contributed by atoms with Gasteiger partial charge < -0.3 is 21.3 Å². The van der Waals surface area contributed by atoms with Crippen LogP contribution in [0.15, 0.2) is 24.3 Å². The summed E-state index contributed by atoms with van der Waals surface area (Å²) in [5.74, 6) is -0.417. The Balaban J connectivity index is 2.35. The first-order valence-corrected chi connectivity index (χ1v) is 8.17. The van der Waals surface area contributed by atoms with Crippen LogP contribution in [-0.4, -0.2) is 22.7 Å². The van der Waals surface area contributed by atoms with E-state index in [0.717, 1.165) is 11.3 Å². The largest absolute Gasteiger partial charge is 0.494 e. The smallest absolute Gasteiger partial charge is 0.348 e. The second-order valence-electron chi connectivity index (χ2n) is 5.15. The summed E-state index contributed by atoms with van der Waals surface area (Å²) in [7, 11) is 0. The fourth-order valence-electron chi connectivity index (χ4n) is 2.62. The normalized spacial score (nSPS) is 10.6. The molecule has 8 heteroatoms. The maximum Gasteiger partial charge on any atom is 0.348 e. The van der Waals surface area contributed by atoms with Gasteiger partial charge in [-0.1, -0.05) is 12.1 Å². The van der Waals surface area contributed by atoms with Crippen LogP contribution in [-0.2, 0) is 0 Å². The van der Waals surface area contributed by atoms with Gasteiger partial charge in [0.2, 0.25) is 0 Å². The molecule has 0 bridgehead atoms. The van der Waals surface area contributed by atoms with Gasteiger partial charge in [-0.15, -0.1) is 11.3 Å². The van der Waals surface area contributed by atoms with Gasteiger partial charge in [0, 0.05) is 10.9 Å². The summed E-state index contributed by atoms with van der Waals surface area (Å²) < 4.78 is 5.42. The number of pyridine rings is 1. The van der Waals surface area contributed by atoms with Crippen molar-refractivity contribution < 1.29 is 14.6 Å². The molecule has 0 amide bonds. The van der Waals surface area contributed by atoms with Crippen LogP contribution < -0.4 is 16.2 Å². The number of carbonyl (C=O) groups is 1. The Morgan fingerprint density at radius 1 is 1.36 bits per heavy atom. The van der Waals surface area contributed by atoms with Crippen LogP contribution in [0, 0.1) is 11.3 Å². The summed E-state index contributed by atoms with van der Waals surface area (Å²) in [6.07, 6.45) is 0. The van der Waals surface area contributed by atoms with Gasteiger partial charge in [-0.25, -0.2) is 9.78 Å². The van der Waals surface area contributed by atoms with Crippen molar-refractivity contribution in [2.75, 3.05) is 18.1 Å². The van der Waals surface area contributed by atoms with Gasteiger partial charge in [0.1, 0.15) is 32.9 Å². The number of aromatic nitrogens is 1. The molecule has 1 aromatic carbocycles. The van der Waals surface area contributed by atoms with E-state index in [4.69, 9.17) is 16.2 Å². The quantitative estimate of drug-likeness (QED) is 0.655. The Labute approximate surface area is 147 Å². The fourth-order valence-corrected chi connectivity index (χ4v) is 3.57. The number of nitrogens with zero attached hydrogens (tertiary/aromatic N) is 2. The van der Waals surface area contributed by atoms with E-state index >= 15 is 0 Å². The Hall–Kier alpha value is -3.31. The number of hydrogen-bond acceptors (Lipinski definition) is 7. The Morgan fingerprint density at radius 2 is 2.04 bits per heavy atom. The highest BCUT2D eigenvalue weighted by Gasteiger charge is 2.23. The highest BCUT2D eigenvalue weighted by Crippen LogP contribution is 2.42. The lowest BCUT2D eigenvalue weighted by atomic mass is 9.97. The van der Waals surface area contributed by atoms with Crippen molar-refractivity contribution in [3.05, 3.63) is 34.7 Å². The van der Waals surface area contributed by atoms with Crippen LogP contribution >= 0.6 is 11.3 Å². The number of ether oxygens (including phenoxy) is 1. The number of aromatic carboxylic acids is 1. The first-order chi connectivity index (χ1) is 12.0. The molecule has 5 N–H and O–H groups in total. The zero-order valence-electron chi connectivity index (χ0n) is 13.2. The summed E-state index contributed by atoms with van der Waals surface area (Å²) in [4.78, 5) is 15.9. The molecule has 0 aliphatic carbocycles. The van der Waals surface area contributed by atoms with Crippen LogP contribution in [0.25, 0.3) is 21.3 Å². The van der Waals surface area contributed by atoms with Crippen LogP contribution in [0.3, 0.4) is 0 Å². The van der Waals surface area contributed by atoms with Gasteiger partial charge in [-0.3, -0.25) is 0 Å². The molecule has 2 aromatic heterocycles. The molecule has 3 aromatic rings. The molecule has 2 heterocycles. The maximum atomic E-state index is 11.4. The number of fused-ring (bicyclic) bond motifs is 1. The van der Waals surface area contributed by atoms with Gasteiger partial charge in [-0.2, -0.15) is 5.26 Å². The van der Waals surface area contributed by atoms with Gasteiger partial charge in [-0.05, 0) is 24.6 Å². The van der Waals surface area contributed by atoms with Crippen LogP contribution in [0.2, 0.25) is 0 Å². The Kier molecular flexibility index (Phi) is 4.17. The number of thiophene rings is 1. The first kappa shape index (κ1) is 16.5. The van der Waals surface area contributed by atoms with Crippen molar-refractivity contribution in [1.82, 2.24) is 4.98 Å². The zero-order chi connectivity index (χ0) is 18.1. The van der Waals surface area contributed by atoms with Crippen LogP contribution in [0.5, 0.6) is 5.75 Å². The van der Waals surface area contributed by atoms with E-state index in [1.165, 1.54) is 0 Å². The van der Waals surface area contributed by atoms with Crippen LogP contribution in [0.1, 0.15) is 22.2 Å². The molecule has 0 spiro atoms. The lowest BCUT2D eigenvalue weighted by Gasteiger charge is -2.10. The average Bonchev–Trinajstić information content (AvgIpc) is 2.91. The SMILES string of the molecule is CCOc1ccc(-c2c(C#N)c(N)nc3sc(C(=O)O)c(N)c23)cc1. The topological polar surface area (TPSA) is 135 Å². The number of nitriles is 1. The molecule has 0 saturated carbocycles. The molecule has 3 rings (SSSR count). The van der Waals surface area contributed by atoms with Crippen molar-refractivity contribution in [1.29, 1.82) is 5.26 Å². The molecule has 0 aliphatic heterocycles. The molecule has 0 saturated heterocycles. The van der Waals surface area contributed by atoms with Gasteiger partial charge in [0.25, 0.3) is 0 Å². The van der Waals surface area contributed by atoms with Gasteiger partial charge in [0.05, 0.1) is 12.3 Å². The number of carboxylic acid groups (broad SMARTS) is 1. The molecular formula is C17H14N4O3S. The predicted molar refractivity (Wildman–Crippen MR) is 96.7 cm³/mol. The van der Waals surface area contributed by atoms with Gasteiger partial charge >= 0.3 is 5.97 Å². The van der Waals surface area contributed by atoms with Crippen LogP contribution in [0.4, 0.5) is 11.5 Å². The second-order valence-corrected chi connectivity index (χ2v) is 6.15. The third-order valence-electron chi connectivity index (χ3n) is 3.66. The third-order valence-corrected chi connectivity index (χ3v) is 4.75. The minimum absolute atomic E-state index is 0.0239. The highest BCUT2D eigenvalue weighted by molar-refractivity contribution is 7.21. The maximum absolute atomic E-state index is 11.4. The monoisotopic (exact) mass is 354 g/mol. The van der Waals surface area contributed by atoms with Crippen molar-refractivity contribution in [2.45, 2.75) is 6.92 Å². The minimum Gasteiger partial charge on any atom is -0.494 e. The van der Waals surface area contributed by atoms with Crippen molar-refractivity contribution >= 4 is 39.0 Å². The van der Waals surface area contributed by atoms with E-state index in [1.807, 2.05) is 13.0 Å². The molecular weight excluding hydrogens is 340 g/mol. The summed E-state index contributed by atoms with van der Waals surface area (Å²) in [5.41, 5.74) is 13.4. The summed E-state index contributed by atoms with van der Waals surface area (Å²) in [6.45, 7) is 2.42. The third kappa shape index (κ3) is 2.70. The summed E-state index contributed by atoms with van der Waals surface area (Å²) in [5, 5.41) is 19.3. The van der Waals surface area contributed by atoms with E-state index < -0.39 is 5.97 Å². The number of rotatable bonds is 4. The number of carboxylic acids is 1. The Bertz CT molecular complexity index is 1020. The Morgan fingerprint density at radius 3 is 2.60 bits per heavy atom. The molecule has 25 heavy (non-hydrogen) atoms. The number of benzene rings is 1. The minimum atomic E-state index is -1.14. The van der Waals surface area contributed by atoms with Crippen molar-refractivity contribution in [2.24, 2.45) is 0 Å². The first-order valence-electron chi connectivity index (χ1n) is 7.36. The molecule has 0 radical (unpaired) electrons. The summed E-state index contributed by atoms with van der Waals surface area (Å²) in [6, 6.07) is 9.13. The molecule has 7 nitrogen and oxygen atoms in total. The number of hydrogen-bond donors (Lipinski definition) is 3. The van der Waals surface area contributed by atoms with E-state index in [-0.39, 0.29) is 21.9 Å². The highest BCUT2D eigenvalue weighted by atomic mass is 32.1. The molecule has 0 aliphatic rings. The van der Waals surface area contributed by atoms with Crippen molar-refractivity contribution in [3.8, 4) is 22.9 Å². The van der Waals surface area contributed by atoms with E-state index in [0.29, 0.717) is 33.7 Å². The van der Waals surface area contributed by atoms with E-state index in [1.54, 1.807) is 24.3 Å². The number of nitrogen functional groups attached to an aromatic ring is 2. The second kappa shape index (κ2) is 6.30. The van der Waals surface area contributed by atoms with E-state index in [2.05, 4.69) is 4.98 Å². The molecule has 0 atom stereocenters. The number of anilines is 2. The predicted octanol–water partition coefficient (Wildman–Crippen LogP) is 3.10. The average molecular weight is 354 g/mol. The standard InChI is InChI=1S/C17H14N4O3S/c1-2-24-9-5-3-8(4-6-9)11-10(7-18)15(20)21-16-12(11)13(19)14(25-16)17(22)23/h3-6H,2,19H2,1H3,(H2,20,21)(H,22,23). The fraction of sp³-hybridized carbons (Fsp3) is 0.118. The lowest BCUT2D eigenvalue weighted by Crippen LogP contribution is -2.00. The summed E-state index contributed by atoms with van der Waals surface area (Å²) >= 11 is 0.936. The van der Waals surface area contributed by atoms with Gasteiger partial charge in [0.15, 0.2) is 0 Å².